The van der Waals surface area contributed by atoms with Crippen molar-refractivity contribution in [3.05, 3.63) is 71.8 Å². The molecule has 0 aliphatic carbocycles. The van der Waals surface area contributed by atoms with Gasteiger partial charge in [0, 0.05) is 11.1 Å². The SMILES string of the molecule is OC[C@@H](O)[C@H]1OC(c2ccccc2)O[C@@H]1[C@@H]1COC(c2ccccc2)O1. The molecule has 4 rings (SSSR count). The molecule has 0 bridgehead atoms. The number of benzene rings is 2. The van der Waals surface area contributed by atoms with Gasteiger partial charge in [-0.2, -0.15) is 0 Å². The quantitative estimate of drug-likeness (QED) is 0.851. The summed E-state index contributed by atoms with van der Waals surface area (Å²) in [5.74, 6) is 0. The van der Waals surface area contributed by atoms with E-state index in [2.05, 4.69) is 0 Å². The van der Waals surface area contributed by atoms with Crippen LogP contribution in [-0.4, -0.2) is 47.8 Å². The molecule has 0 amide bonds. The lowest BCUT2D eigenvalue weighted by molar-refractivity contribution is -0.107. The van der Waals surface area contributed by atoms with Crippen LogP contribution in [0.25, 0.3) is 0 Å². The standard InChI is InChI=1S/C20H22O6/c21-11-15(22)17-18(26-20(25-17)14-9-5-2-6-10-14)16-12-23-19(24-16)13-7-3-1-4-8-13/h1-10,15-22H,11-12H2/t15-,16+,17-,18-,19?,20?/m1/s1. The van der Waals surface area contributed by atoms with Crippen LogP contribution in [0.15, 0.2) is 60.7 Å². The molecule has 2 heterocycles. The Kier molecular flexibility index (Phi) is 5.31. The highest BCUT2D eigenvalue weighted by molar-refractivity contribution is 5.18. The van der Waals surface area contributed by atoms with Crippen molar-refractivity contribution >= 4 is 0 Å². The molecule has 138 valence electrons. The van der Waals surface area contributed by atoms with E-state index in [0.29, 0.717) is 6.61 Å². The van der Waals surface area contributed by atoms with E-state index in [1.54, 1.807) is 0 Å². The number of aliphatic hydroxyl groups is 2. The summed E-state index contributed by atoms with van der Waals surface area (Å²) in [4.78, 5) is 0. The lowest BCUT2D eigenvalue weighted by Gasteiger charge is -2.24. The molecule has 2 aromatic carbocycles. The number of hydrogen-bond donors (Lipinski definition) is 2. The van der Waals surface area contributed by atoms with E-state index in [1.807, 2.05) is 60.7 Å². The van der Waals surface area contributed by atoms with Crippen LogP contribution in [-0.2, 0) is 18.9 Å². The van der Waals surface area contributed by atoms with Gasteiger partial charge in [-0.3, -0.25) is 0 Å². The van der Waals surface area contributed by atoms with Crippen molar-refractivity contribution in [1.29, 1.82) is 0 Å². The first kappa shape index (κ1) is 17.6. The van der Waals surface area contributed by atoms with Crippen LogP contribution in [0.3, 0.4) is 0 Å². The smallest absolute Gasteiger partial charge is 0.184 e. The summed E-state index contributed by atoms with van der Waals surface area (Å²) in [5, 5.41) is 19.6. The average molecular weight is 358 g/mol. The van der Waals surface area contributed by atoms with Gasteiger partial charge in [0.1, 0.15) is 24.4 Å². The lowest BCUT2D eigenvalue weighted by atomic mass is 10.0. The Morgan fingerprint density at radius 1 is 0.846 bits per heavy atom. The van der Waals surface area contributed by atoms with E-state index in [0.717, 1.165) is 11.1 Å². The fourth-order valence-electron chi connectivity index (χ4n) is 3.33. The molecule has 6 nitrogen and oxygen atoms in total. The van der Waals surface area contributed by atoms with Gasteiger partial charge >= 0.3 is 0 Å². The van der Waals surface area contributed by atoms with Crippen molar-refractivity contribution in [3.8, 4) is 0 Å². The molecule has 2 aliphatic heterocycles. The lowest BCUT2D eigenvalue weighted by Crippen LogP contribution is -2.44. The van der Waals surface area contributed by atoms with Crippen molar-refractivity contribution in [2.24, 2.45) is 0 Å². The second kappa shape index (κ2) is 7.84. The van der Waals surface area contributed by atoms with Crippen LogP contribution in [0.2, 0.25) is 0 Å². The maximum Gasteiger partial charge on any atom is 0.184 e. The maximum atomic E-state index is 10.2. The molecule has 6 heteroatoms. The Balaban J connectivity index is 1.50. The summed E-state index contributed by atoms with van der Waals surface area (Å²) in [6.45, 7) is -0.0918. The van der Waals surface area contributed by atoms with Crippen LogP contribution >= 0.6 is 0 Å². The van der Waals surface area contributed by atoms with Crippen molar-refractivity contribution < 1.29 is 29.2 Å². The molecule has 6 atom stereocenters. The van der Waals surface area contributed by atoms with Gasteiger partial charge in [0.25, 0.3) is 0 Å². The average Bonchev–Trinajstić information content (AvgIpc) is 3.36. The topological polar surface area (TPSA) is 77.4 Å². The van der Waals surface area contributed by atoms with E-state index in [4.69, 9.17) is 18.9 Å². The number of rotatable bonds is 5. The van der Waals surface area contributed by atoms with Crippen LogP contribution < -0.4 is 0 Å². The molecule has 2 aromatic rings. The van der Waals surface area contributed by atoms with Gasteiger partial charge in [0.05, 0.1) is 13.2 Å². The van der Waals surface area contributed by atoms with E-state index in [9.17, 15) is 10.2 Å². The minimum Gasteiger partial charge on any atom is -0.394 e. The first-order valence-electron chi connectivity index (χ1n) is 8.73. The predicted molar refractivity (Wildman–Crippen MR) is 92.0 cm³/mol. The second-order valence-electron chi connectivity index (χ2n) is 6.44. The summed E-state index contributed by atoms with van der Waals surface area (Å²) >= 11 is 0. The summed E-state index contributed by atoms with van der Waals surface area (Å²) in [5.41, 5.74) is 1.77. The van der Waals surface area contributed by atoms with Crippen LogP contribution in [0.4, 0.5) is 0 Å². The van der Waals surface area contributed by atoms with Crippen molar-refractivity contribution in [2.75, 3.05) is 13.2 Å². The molecule has 2 saturated heterocycles. The minimum absolute atomic E-state index is 0.323. The maximum absolute atomic E-state index is 10.2. The van der Waals surface area contributed by atoms with Gasteiger partial charge in [-0.25, -0.2) is 0 Å². The fraction of sp³-hybridized carbons (Fsp3) is 0.400. The molecular weight excluding hydrogens is 336 g/mol. The molecule has 0 saturated carbocycles. The van der Waals surface area contributed by atoms with Gasteiger partial charge in [0.15, 0.2) is 12.6 Å². The molecule has 2 aliphatic rings. The summed E-state index contributed by atoms with van der Waals surface area (Å²) < 4.78 is 23.7. The third kappa shape index (κ3) is 3.53. The predicted octanol–water partition coefficient (Wildman–Crippen LogP) is 1.94. The molecule has 0 spiro atoms. The molecule has 0 aromatic heterocycles. The minimum atomic E-state index is -1.06. The zero-order valence-corrected chi connectivity index (χ0v) is 14.2. The normalized spacial score (nSPS) is 32.6. The Bertz CT molecular complexity index is 694. The molecule has 0 radical (unpaired) electrons. The highest BCUT2D eigenvalue weighted by Crippen LogP contribution is 2.38. The Labute approximate surface area is 151 Å². The van der Waals surface area contributed by atoms with E-state index in [-0.39, 0.29) is 0 Å². The van der Waals surface area contributed by atoms with Crippen molar-refractivity contribution in [3.63, 3.8) is 0 Å². The fourth-order valence-corrected chi connectivity index (χ4v) is 3.33. The summed E-state index contributed by atoms with van der Waals surface area (Å²) in [6, 6.07) is 19.2. The Morgan fingerprint density at radius 3 is 2.08 bits per heavy atom. The van der Waals surface area contributed by atoms with Crippen molar-refractivity contribution in [1.82, 2.24) is 0 Å². The monoisotopic (exact) mass is 358 g/mol. The van der Waals surface area contributed by atoms with Crippen LogP contribution in [0.1, 0.15) is 23.7 Å². The van der Waals surface area contributed by atoms with Crippen molar-refractivity contribution in [2.45, 2.75) is 37.0 Å². The molecule has 2 unspecified atom stereocenters. The third-order valence-corrected chi connectivity index (χ3v) is 4.67. The third-order valence-electron chi connectivity index (χ3n) is 4.67. The van der Waals surface area contributed by atoms with Gasteiger partial charge in [-0.1, -0.05) is 60.7 Å². The van der Waals surface area contributed by atoms with Gasteiger partial charge < -0.3 is 29.2 Å². The highest BCUT2D eigenvalue weighted by atomic mass is 16.8. The summed E-state index contributed by atoms with van der Waals surface area (Å²) in [7, 11) is 0. The van der Waals surface area contributed by atoms with E-state index in [1.165, 1.54) is 0 Å². The molecule has 2 N–H and O–H groups in total. The number of aliphatic hydroxyl groups excluding tert-OH is 2. The largest absolute Gasteiger partial charge is 0.394 e. The zero-order valence-electron chi connectivity index (χ0n) is 14.2. The molecule has 2 fully saturated rings. The zero-order chi connectivity index (χ0) is 17.9. The van der Waals surface area contributed by atoms with Gasteiger partial charge in [0.2, 0.25) is 0 Å². The number of hydrogen-bond acceptors (Lipinski definition) is 6. The van der Waals surface area contributed by atoms with Gasteiger partial charge in [-0.15, -0.1) is 0 Å². The van der Waals surface area contributed by atoms with E-state index < -0.39 is 43.6 Å². The highest BCUT2D eigenvalue weighted by Gasteiger charge is 2.48. The Morgan fingerprint density at radius 2 is 1.46 bits per heavy atom. The van der Waals surface area contributed by atoms with Crippen LogP contribution in [0.5, 0.6) is 0 Å². The molecule has 26 heavy (non-hydrogen) atoms. The summed E-state index contributed by atoms with van der Waals surface area (Å²) in [6.07, 6.45) is -3.81. The van der Waals surface area contributed by atoms with Crippen LogP contribution in [0, 0.1) is 0 Å². The van der Waals surface area contributed by atoms with Gasteiger partial charge in [-0.05, 0) is 0 Å². The Hall–Kier alpha value is -1.80. The number of ether oxygens (including phenoxy) is 4. The molecular formula is C20H22O6. The first-order valence-corrected chi connectivity index (χ1v) is 8.73. The first-order chi connectivity index (χ1) is 12.8. The second-order valence-corrected chi connectivity index (χ2v) is 6.44. The van der Waals surface area contributed by atoms with E-state index >= 15 is 0 Å².